The first kappa shape index (κ1) is 15.5. The highest BCUT2D eigenvalue weighted by Gasteiger charge is 2.13. The van der Waals surface area contributed by atoms with Crippen molar-refractivity contribution in [2.75, 3.05) is 20.3 Å². The van der Waals surface area contributed by atoms with Crippen molar-refractivity contribution < 1.29 is 4.74 Å². The van der Waals surface area contributed by atoms with E-state index in [1.807, 2.05) is 18.2 Å². The summed E-state index contributed by atoms with van der Waals surface area (Å²) < 4.78 is 5.20. The molecule has 1 aromatic rings. The largest absolute Gasteiger partial charge is 0.384 e. The van der Waals surface area contributed by atoms with Crippen LogP contribution in [0.3, 0.4) is 0 Å². The lowest BCUT2D eigenvalue weighted by Gasteiger charge is -2.21. The molecule has 0 heterocycles. The lowest BCUT2D eigenvalue weighted by Crippen LogP contribution is -2.33. The second-order valence-corrected chi connectivity index (χ2v) is 5.32. The van der Waals surface area contributed by atoms with Crippen LogP contribution in [0.15, 0.2) is 24.3 Å². The molecule has 0 saturated heterocycles. The summed E-state index contributed by atoms with van der Waals surface area (Å²) in [5.41, 5.74) is 1.29. The Bertz CT molecular complexity index is 343. The molecule has 18 heavy (non-hydrogen) atoms. The van der Waals surface area contributed by atoms with Gasteiger partial charge < -0.3 is 10.1 Å². The van der Waals surface area contributed by atoms with E-state index in [4.69, 9.17) is 16.3 Å². The Labute approximate surface area is 116 Å². The molecule has 0 radical (unpaired) electrons. The van der Waals surface area contributed by atoms with Gasteiger partial charge in [-0.2, -0.15) is 0 Å². The summed E-state index contributed by atoms with van der Waals surface area (Å²) in [4.78, 5) is 0. The van der Waals surface area contributed by atoms with Gasteiger partial charge in [-0.15, -0.1) is 0 Å². The summed E-state index contributed by atoms with van der Waals surface area (Å²) in [6.45, 7) is 6.18. The first-order valence-electron chi connectivity index (χ1n) is 6.62. The molecule has 2 atom stereocenters. The van der Waals surface area contributed by atoms with Gasteiger partial charge in [-0.1, -0.05) is 37.6 Å². The smallest absolute Gasteiger partial charge is 0.0488 e. The van der Waals surface area contributed by atoms with Crippen LogP contribution in [0.5, 0.6) is 0 Å². The van der Waals surface area contributed by atoms with Crippen LogP contribution in [0.1, 0.15) is 25.8 Å². The van der Waals surface area contributed by atoms with Gasteiger partial charge in [0.2, 0.25) is 0 Å². The predicted molar refractivity (Wildman–Crippen MR) is 78.3 cm³/mol. The normalized spacial score (nSPS) is 14.4. The van der Waals surface area contributed by atoms with Crippen molar-refractivity contribution >= 4 is 11.6 Å². The maximum absolute atomic E-state index is 6.02. The molecule has 1 N–H and O–H groups in total. The van der Waals surface area contributed by atoms with E-state index in [2.05, 4.69) is 25.2 Å². The molecule has 0 aliphatic heterocycles. The molecule has 1 rings (SSSR count). The minimum absolute atomic E-state index is 0.485. The van der Waals surface area contributed by atoms with Gasteiger partial charge in [-0.25, -0.2) is 0 Å². The molecular formula is C15H24ClNO. The van der Waals surface area contributed by atoms with E-state index in [0.29, 0.717) is 12.0 Å². The minimum Gasteiger partial charge on any atom is -0.384 e. The van der Waals surface area contributed by atoms with Crippen molar-refractivity contribution in [3.05, 3.63) is 34.9 Å². The summed E-state index contributed by atoms with van der Waals surface area (Å²) in [6, 6.07) is 8.60. The summed E-state index contributed by atoms with van der Waals surface area (Å²) in [5.74, 6) is 0.568. The molecule has 3 heteroatoms. The van der Waals surface area contributed by atoms with Crippen LogP contribution >= 0.6 is 11.6 Å². The molecule has 1 aromatic carbocycles. The highest BCUT2D eigenvalue weighted by molar-refractivity contribution is 6.30. The Morgan fingerprint density at radius 1 is 1.39 bits per heavy atom. The zero-order valence-corrected chi connectivity index (χ0v) is 12.3. The highest BCUT2D eigenvalue weighted by Crippen LogP contribution is 2.15. The number of hydrogen-bond acceptors (Lipinski definition) is 2. The number of halogens is 1. The number of ether oxygens (including phenoxy) is 1. The Hall–Kier alpha value is -0.570. The van der Waals surface area contributed by atoms with E-state index in [-0.39, 0.29) is 0 Å². The van der Waals surface area contributed by atoms with Gasteiger partial charge in [0.15, 0.2) is 0 Å². The monoisotopic (exact) mass is 269 g/mol. The molecule has 0 spiro atoms. The molecule has 0 aromatic heterocycles. The average molecular weight is 270 g/mol. The third-order valence-electron chi connectivity index (χ3n) is 3.00. The predicted octanol–water partition coefficient (Wildman–Crippen LogP) is 3.53. The number of methoxy groups -OCH3 is 1. The number of nitrogens with one attached hydrogen (secondary N) is 1. The fourth-order valence-electron chi connectivity index (χ4n) is 2.31. The van der Waals surface area contributed by atoms with Crippen molar-refractivity contribution in [3.8, 4) is 0 Å². The zero-order chi connectivity index (χ0) is 13.4. The molecular weight excluding hydrogens is 246 g/mol. The standard InChI is InChI=1S/C15H24ClNO/c1-4-17-15(8-12(2)11-18-3)10-13-6-5-7-14(16)9-13/h5-7,9,12,15,17H,4,8,10-11H2,1-3H3. The summed E-state index contributed by atoms with van der Waals surface area (Å²) in [6.07, 6.45) is 2.14. The molecule has 102 valence electrons. The third-order valence-corrected chi connectivity index (χ3v) is 3.24. The lowest BCUT2D eigenvalue weighted by atomic mass is 9.96. The van der Waals surface area contributed by atoms with E-state index in [1.165, 1.54) is 5.56 Å². The van der Waals surface area contributed by atoms with Gasteiger partial charge in [-0.3, -0.25) is 0 Å². The lowest BCUT2D eigenvalue weighted by molar-refractivity contribution is 0.149. The van der Waals surface area contributed by atoms with Crippen molar-refractivity contribution in [2.24, 2.45) is 5.92 Å². The van der Waals surface area contributed by atoms with E-state index in [0.717, 1.165) is 31.0 Å². The van der Waals surface area contributed by atoms with Crippen LogP contribution < -0.4 is 5.32 Å². The first-order chi connectivity index (χ1) is 8.65. The van der Waals surface area contributed by atoms with Crippen LogP contribution in [0.4, 0.5) is 0 Å². The van der Waals surface area contributed by atoms with Crippen LogP contribution in [0.2, 0.25) is 5.02 Å². The quantitative estimate of drug-likeness (QED) is 0.780. The molecule has 0 saturated carbocycles. The van der Waals surface area contributed by atoms with Crippen molar-refractivity contribution in [1.82, 2.24) is 5.32 Å². The minimum atomic E-state index is 0.485. The summed E-state index contributed by atoms with van der Waals surface area (Å²) in [5, 5.41) is 4.35. The second kappa shape index (κ2) is 8.52. The fraction of sp³-hybridized carbons (Fsp3) is 0.600. The van der Waals surface area contributed by atoms with Gasteiger partial charge in [0.1, 0.15) is 0 Å². The maximum Gasteiger partial charge on any atom is 0.0488 e. The van der Waals surface area contributed by atoms with Gasteiger partial charge in [0.05, 0.1) is 0 Å². The number of likely N-dealkylation sites (N-methyl/N-ethyl adjacent to an activating group) is 1. The Balaban J connectivity index is 2.56. The van der Waals surface area contributed by atoms with E-state index < -0.39 is 0 Å². The molecule has 0 amide bonds. The third kappa shape index (κ3) is 5.85. The van der Waals surface area contributed by atoms with E-state index in [9.17, 15) is 0 Å². The topological polar surface area (TPSA) is 21.3 Å². The maximum atomic E-state index is 6.02. The van der Waals surface area contributed by atoms with Gasteiger partial charge >= 0.3 is 0 Å². The van der Waals surface area contributed by atoms with Gasteiger partial charge in [0, 0.05) is 24.8 Å². The van der Waals surface area contributed by atoms with Crippen molar-refractivity contribution in [2.45, 2.75) is 32.7 Å². The number of rotatable bonds is 8. The van der Waals surface area contributed by atoms with Crippen LogP contribution in [0.25, 0.3) is 0 Å². The molecule has 0 fully saturated rings. The number of hydrogen-bond donors (Lipinski definition) is 1. The zero-order valence-electron chi connectivity index (χ0n) is 11.6. The molecule has 2 nitrogen and oxygen atoms in total. The van der Waals surface area contributed by atoms with Crippen molar-refractivity contribution in [3.63, 3.8) is 0 Å². The van der Waals surface area contributed by atoms with Gasteiger partial charge in [0.25, 0.3) is 0 Å². The molecule has 0 bridgehead atoms. The van der Waals surface area contributed by atoms with Crippen LogP contribution in [-0.2, 0) is 11.2 Å². The van der Waals surface area contributed by atoms with Gasteiger partial charge in [-0.05, 0) is 43.0 Å². The average Bonchev–Trinajstić information content (AvgIpc) is 2.29. The molecule has 0 aliphatic rings. The molecule has 0 aliphatic carbocycles. The summed E-state index contributed by atoms with van der Waals surface area (Å²) >= 11 is 6.02. The van der Waals surface area contributed by atoms with Crippen molar-refractivity contribution in [1.29, 1.82) is 0 Å². The van der Waals surface area contributed by atoms with Crippen LogP contribution in [-0.4, -0.2) is 26.3 Å². The second-order valence-electron chi connectivity index (χ2n) is 4.88. The Kier molecular flexibility index (Phi) is 7.33. The van der Waals surface area contributed by atoms with E-state index in [1.54, 1.807) is 7.11 Å². The van der Waals surface area contributed by atoms with Crippen LogP contribution in [0, 0.1) is 5.92 Å². The Morgan fingerprint density at radius 3 is 2.78 bits per heavy atom. The first-order valence-corrected chi connectivity index (χ1v) is 7.00. The number of benzene rings is 1. The Morgan fingerprint density at radius 2 is 2.17 bits per heavy atom. The van der Waals surface area contributed by atoms with E-state index >= 15 is 0 Å². The fourth-order valence-corrected chi connectivity index (χ4v) is 2.53. The highest BCUT2D eigenvalue weighted by atomic mass is 35.5. The molecule has 2 unspecified atom stereocenters. The SMILES string of the molecule is CCNC(Cc1cccc(Cl)c1)CC(C)COC. The summed E-state index contributed by atoms with van der Waals surface area (Å²) in [7, 11) is 1.76.